The highest BCUT2D eigenvalue weighted by atomic mass is 35.5. The van der Waals surface area contributed by atoms with Gasteiger partial charge in [-0.2, -0.15) is 0 Å². The average Bonchev–Trinajstić information content (AvgIpc) is 2.61. The number of hydrogen-bond acceptors (Lipinski definition) is 3. The largest absolute Gasteiger partial charge is 0.368 e. The molecule has 0 aliphatic carbocycles. The van der Waals surface area contributed by atoms with E-state index in [1.54, 1.807) is 6.08 Å². The molecule has 1 N–H and O–H groups in total. The molecule has 0 bridgehead atoms. The molecule has 0 fully saturated rings. The van der Waals surface area contributed by atoms with Crippen LogP contribution in [0.15, 0.2) is 49.0 Å². The fourth-order valence-corrected chi connectivity index (χ4v) is 3.54. The molecule has 0 spiro atoms. The second-order valence-electron chi connectivity index (χ2n) is 7.95. The maximum Gasteiger partial charge on any atom is 0.159 e. The van der Waals surface area contributed by atoms with Gasteiger partial charge in [-0.15, -0.1) is 0 Å². The molecule has 3 nitrogen and oxygen atoms in total. The number of rotatable bonds is 5. The van der Waals surface area contributed by atoms with Crippen LogP contribution in [0.1, 0.15) is 37.6 Å². The van der Waals surface area contributed by atoms with Gasteiger partial charge in [-0.3, -0.25) is 0 Å². The Morgan fingerprint density at radius 3 is 2.46 bits per heavy atom. The minimum atomic E-state index is -0.900. The molecular formula is C24H26ClNO2. The second kappa shape index (κ2) is 8.04. The van der Waals surface area contributed by atoms with E-state index >= 15 is 0 Å². The first-order valence-electron chi connectivity index (χ1n) is 9.35. The molecule has 3 rings (SSSR count). The van der Waals surface area contributed by atoms with Gasteiger partial charge in [0.15, 0.2) is 6.29 Å². The highest BCUT2D eigenvalue weighted by molar-refractivity contribution is 6.30. The summed E-state index contributed by atoms with van der Waals surface area (Å²) in [6.07, 6.45) is 1.23. The van der Waals surface area contributed by atoms with Crippen molar-refractivity contribution in [3.8, 4) is 11.1 Å². The first-order chi connectivity index (χ1) is 13.2. The number of aliphatic hydroxyl groups excluding tert-OH is 1. The van der Waals surface area contributed by atoms with Crippen LogP contribution in [0.3, 0.4) is 0 Å². The summed E-state index contributed by atoms with van der Waals surface area (Å²) >= 11 is 6.10. The zero-order valence-corrected chi connectivity index (χ0v) is 17.5. The van der Waals surface area contributed by atoms with Gasteiger partial charge in [-0.05, 0) is 80.3 Å². The van der Waals surface area contributed by atoms with Crippen LogP contribution in [-0.2, 0) is 11.2 Å². The van der Waals surface area contributed by atoms with Crippen LogP contribution >= 0.6 is 11.6 Å². The Bertz CT molecular complexity index is 1000. The van der Waals surface area contributed by atoms with Crippen LogP contribution < -0.4 is 0 Å². The SMILES string of the molecule is C=Cc1ccc2c(-c3ccc(Cl)cc3)c(CC(O)OC(C)(C)C)c(C)cc2n1. The average molecular weight is 396 g/mol. The highest BCUT2D eigenvalue weighted by Crippen LogP contribution is 2.36. The third-order valence-corrected chi connectivity index (χ3v) is 4.81. The molecule has 2 aromatic carbocycles. The number of aryl methyl sites for hydroxylation is 1. The van der Waals surface area contributed by atoms with Crippen molar-refractivity contribution in [2.24, 2.45) is 0 Å². The van der Waals surface area contributed by atoms with Crippen LogP contribution in [0, 0.1) is 6.92 Å². The number of pyridine rings is 1. The van der Waals surface area contributed by atoms with Crippen molar-refractivity contribution in [2.45, 2.75) is 46.0 Å². The molecule has 0 saturated carbocycles. The fraction of sp³-hybridized carbons (Fsp3) is 0.292. The van der Waals surface area contributed by atoms with Gasteiger partial charge in [0.05, 0.1) is 16.8 Å². The van der Waals surface area contributed by atoms with Crippen molar-refractivity contribution in [1.29, 1.82) is 0 Å². The Morgan fingerprint density at radius 2 is 1.86 bits per heavy atom. The predicted octanol–water partition coefficient (Wildman–Crippen LogP) is 6.18. The second-order valence-corrected chi connectivity index (χ2v) is 8.39. The van der Waals surface area contributed by atoms with Crippen LogP contribution in [0.25, 0.3) is 28.1 Å². The van der Waals surface area contributed by atoms with E-state index in [0.29, 0.717) is 11.4 Å². The van der Waals surface area contributed by atoms with E-state index in [2.05, 4.69) is 18.7 Å². The number of benzene rings is 2. The van der Waals surface area contributed by atoms with Gasteiger partial charge in [0.25, 0.3) is 0 Å². The summed E-state index contributed by atoms with van der Waals surface area (Å²) in [6, 6.07) is 13.8. The maximum absolute atomic E-state index is 10.6. The molecular weight excluding hydrogens is 370 g/mol. The molecule has 0 aliphatic heterocycles. The van der Waals surface area contributed by atoms with Gasteiger partial charge in [0.1, 0.15) is 0 Å². The summed E-state index contributed by atoms with van der Waals surface area (Å²) in [4.78, 5) is 4.70. The zero-order chi connectivity index (χ0) is 20.5. The Labute approximate surface area is 171 Å². The van der Waals surface area contributed by atoms with E-state index in [1.165, 1.54) is 0 Å². The molecule has 146 valence electrons. The number of aliphatic hydroxyl groups is 1. The summed E-state index contributed by atoms with van der Waals surface area (Å²) in [6.45, 7) is 11.7. The van der Waals surface area contributed by atoms with Gasteiger partial charge in [0, 0.05) is 16.8 Å². The molecule has 0 aliphatic rings. The number of hydrogen-bond donors (Lipinski definition) is 1. The van der Waals surface area contributed by atoms with Crippen LogP contribution in [0.5, 0.6) is 0 Å². The number of fused-ring (bicyclic) bond motifs is 1. The van der Waals surface area contributed by atoms with E-state index in [1.807, 2.05) is 58.0 Å². The first kappa shape index (κ1) is 20.5. The molecule has 1 atom stereocenters. The van der Waals surface area contributed by atoms with Crippen molar-refractivity contribution in [3.05, 3.63) is 70.9 Å². The molecule has 3 aromatic rings. The maximum atomic E-state index is 10.6. The van der Waals surface area contributed by atoms with Crippen molar-refractivity contribution in [1.82, 2.24) is 4.98 Å². The highest BCUT2D eigenvalue weighted by Gasteiger charge is 2.21. The summed E-state index contributed by atoms with van der Waals surface area (Å²) in [7, 11) is 0. The first-order valence-corrected chi connectivity index (χ1v) is 9.73. The number of ether oxygens (including phenoxy) is 1. The van der Waals surface area contributed by atoms with Gasteiger partial charge in [-0.1, -0.05) is 36.4 Å². The normalized spacial score (nSPS) is 12.9. The Morgan fingerprint density at radius 1 is 1.18 bits per heavy atom. The minimum Gasteiger partial charge on any atom is -0.368 e. The molecule has 0 radical (unpaired) electrons. The molecule has 0 amide bonds. The third-order valence-electron chi connectivity index (χ3n) is 4.56. The molecule has 1 unspecified atom stereocenters. The van der Waals surface area contributed by atoms with Crippen molar-refractivity contribution in [3.63, 3.8) is 0 Å². The summed E-state index contributed by atoms with van der Waals surface area (Å²) in [5.74, 6) is 0. The van der Waals surface area contributed by atoms with Crippen LogP contribution in [0.2, 0.25) is 5.02 Å². The van der Waals surface area contributed by atoms with Crippen LogP contribution in [0.4, 0.5) is 0 Å². The van der Waals surface area contributed by atoms with Crippen molar-refractivity contribution in [2.75, 3.05) is 0 Å². The van der Waals surface area contributed by atoms with E-state index < -0.39 is 11.9 Å². The lowest BCUT2D eigenvalue weighted by Gasteiger charge is -2.26. The van der Waals surface area contributed by atoms with E-state index in [-0.39, 0.29) is 0 Å². The topological polar surface area (TPSA) is 42.4 Å². The monoisotopic (exact) mass is 395 g/mol. The molecule has 1 heterocycles. The smallest absolute Gasteiger partial charge is 0.159 e. The molecule has 28 heavy (non-hydrogen) atoms. The molecule has 4 heteroatoms. The third kappa shape index (κ3) is 4.61. The van der Waals surface area contributed by atoms with Gasteiger partial charge >= 0.3 is 0 Å². The summed E-state index contributed by atoms with van der Waals surface area (Å²) < 4.78 is 5.76. The lowest BCUT2D eigenvalue weighted by molar-refractivity contribution is -0.163. The molecule has 0 saturated heterocycles. The summed E-state index contributed by atoms with van der Waals surface area (Å²) in [5, 5.41) is 12.3. The van der Waals surface area contributed by atoms with Crippen LogP contribution in [-0.4, -0.2) is 22.0 Å². The van der Waals surface area contributed by atoms with Crippen molar-refractivity contribution >= 4 is 28.6 Å². The van der Waals surface area contributed by atoms with E-state index in [4.69, 9.17) is 21.3 Å². The number of nitrogens with zero attached hydrogens (tertiary/aromatic N) is 1. The summed E-state index contributed by atoms with van der Waals surface area (Å²) in [5.41, 5.74) is 5.48. The van der Waals surface area contributed by atoms with E-state index in [0.717, 1.165) is 38.9 Å². The Hall–Kier alpha value is -2.20. The zero-order valence-electron chi connectivity index (χ0n) is 16.8. The van der Waals surface area contributed by atoms with Crippen molar-refractivity contribution < 1.29 is 9.84 Å². The minimum absolute atomic E-state index is 0.389. The Kier molecular flexibility index (Phi) is 5.90. The predicted molar refractivity (Wildman–Crippen MR) is 118 cm³/mol. The van der Waals surface area contributed by atoms with Gasteiger partial charge in [0.2, 0.25) is 0 Å². The van der Waals surface area contributed by atoms with Gasteiger partial charge < -0.3 is 9.84 Å². The number of halogens is 1. The standard InChI is InChI=1S/C24H26ClNO2/c1-6-18-11-12-19-21(26-18)13-15(2)20(14-22(27)28-24(3,4)5)23(19)16-7-9-17(25)10-8-16/h6-13,22,27H,1,14H2,2-5H3. The van der Waals surface area contributed by atoms with E-state index in [9.17, 15) is 5.11 Å². The van der Waals surface area contributed by atoms with Gasteiger partial charge in [-0.25, -0.2) is 4.98 Å². The fourth-order valence-electron chi connectivity index (χ4n) is 3.41. The Balaban J connectivity index is 2.21. The lowest BCUT2D eigenvalue weighted by Crippen LogP contribution is -2.29. The molecule has 1 aromatic heterocycles. The quantitative estimate of drug-likeness (QED) is 0.524. The lowest BCUT2D eigenvalue weighted by atomic mass is 9.89. The number of aromatic nitrogens is 1.